The molecule has 0 aliphatic rings. The van der Waals surface area contributed by atoms with E-state index < -0.39 is 0 Å². The molecule has 0 atom stereocenters. The quantitative estimate of drug-likeness (QED) is 0.896. The largest absolute Gasteiger partial charge is 0.384 e. The Kier molecular flexibility index (Phi) is 4.84. The van der Waals surface area contributed by atoms with Crippen LogP contribution in [-0.4, -0.2) is 25.2 Å². The Morgan fingerprint density at radius 3 is 2.62 bits per heavy atom. The second kappa shape index (κ2) is 6.44. The Labute approximate surface area is 127 Å². The van der Waals surface area contributed by atoms with Gasteiger partial charge in [-0.25, -0.2) is 4.98 Å². The van der Waals surface area contributed by atoms with E-state index in [0.29, 0.717) is 0 Å². The minimum atomic E-state index is 0.0707. The molecule has 0 aliphatic carbocycles. The van der Waals surface area contributed by atoms with E-state index in [-0.39, 0.29) is 5.41 Å². The minimum absolute atomic E-state index is 0.0707. The highest BCUT2D eigenvalue weighted by atomic mass is 16.5. The van der Waals surface area contributed by atoms with E-state index >= 15 is 0 Å². The van der Waals surface area contributed by atoms with E-state index in [0.717, 1.165) is 30.9 Å². The number of pyridine rings is 1. The topological polar surface area (TPSA) is 34.2 Å². The van der Waals surface area contributed by atoms with Gasteiger partial charge in [0.2, 0.25) is 0 Å². The summed E-state index contributed by atoms with van der Waals surface area (Å²) in [5, 5.41) is 4.62. The number of fused-ring (bicyclic) bond motifs is 1. The van der Waals surface area contributed by atoms with Crippen LogP contribution in [0.4, 0.5) is 5.82 Å². The lowest BCUT2D eigenvalue weighted by Gasteiger charge is -2.23. The Morgan fingerprint density at radius 2 is 2.00 bits per heavy atom. The number of nitrogens with zero attached hydrogens (tertiary/aromatic N) is 1. The lowest BCUT2D eigenvalue weighted by Crippen LogP contribution is -2.16. The van der Waals surface area contributed by atoms with Gasteiger partial charge in [-0.15, -0.1) is 0 Å². The maximum Gasteiger partial charge on any atom is 0.130 e. The van der Waals surface area contributed by atoms with Crippen molar-refractivity contribution in [2.45, 2.75) is 39.5 Å². The molecule has 1 N–H and O–H groups in total. The highest BCUT2D eigenvalue weighted by molar-refractivity contribution is 5.85. The summed E-state index contributed by atoms with van der Waals surface area (Å²) in [5.41, 5.74) is 3.66. The first kappa shape index (κ1) is 15.8. The van der Waals surface area contributed by atoms with Crippen molar-refractivity contribution in [2.75, 3.05) is 25.6 Å². The van der Waals surface area contributed by atoms with E-state index in [1.54, 1.807) is 7.11 Å². The van der Waals surface area contributed by atoms with Crippen molar-refractivity contribution in [3.63, 3.8) is 0 Å². The zero-order valence-corrected chi connectivity index (χ0v) is 13.8. The minimum Gasteiger partial charge on any atom is -0.384 e. The third-order valence-electron chi connectivity index (χ3n) is 3.66. The highest BCUT2D eigenvalue weighted by Gasteiger charge is 2.20. The molecule has 0 bridgehead atoms. The summed E-state index contributed by atoms with van der Waals surface area (Å²) >= 11 is 0. The number of nitrogens with one attached hydrogen (secondary N) is 1. The zero-order valence-electron chi connectivity index (χ0n) is 13.8. The average Bonchev–Trinajstić information content (AvgIpc) is 2.43. The first-order chi connectivity index (χ1) is 9.97. The lowest BCUT2D eigenvalue weighted by molar-refractivity contribution is 0.202. The lowest BCUT2D eigenvalue weighted by atomic mass is 9.86. The van der Waals surface area contributed by atoms with Crippen molar-refractivity contribution in [3.8, 4) is 0 Å². The van der Waals surface area contributed by atoms with Gasteiger partial charge < -0.3 is 10.1 Å². The fourth-order valence-corrected chi connectivity index (χ4v) is 2.55. The van der Waals surface area contributed by atoms with Crippen LogP contribution in [0, 0.1) is 0 Å². The molecule has 0 unspecified atom stereocenters. The van der Waals surface area contributed by atoms with Crippen LogP contribution < -0.4 is 5.32 Å². The predicted octanol–water partition coefficient (Wildman–Crippen LogP) is 4.15. The monoisotopic (exact) mass is 286 g/mol. The molecule has 3 heteroatoms. The molecular formula is C18H26N2O. The van der Waals surface area contributed by atoms with Crippen molar-refractivity contribution < 1.29 is 4.74 Å². The fraction of sp³-hybridized carbons (Fsp3) is 0.500. The number of para-hydroxylation sites is 1. The van der Waals surface area contributed by atoms with Gasteiger partial charge in [-0.1, -0.05) is 39.0 Å². The van der Waals surface area contributed by atoms with Crippen LogP contribution >= 0.6 is 0 Å². The van der Waals surface area contributed by atoms with Crippen molar-refractivity contribution >= 4 is 16.7 Å². The van der Waals surface area contributed by atoms with E-state index in [1.807, 2.05) is 0 Å². The molecule has 3 nitrogen and oxygen atoms in total. The highest BCUT2D eigenvalue weighted by Crippen LogP contribution is 2.32. The second-order valence-electron chi connectivity index (χ2n) is 6.40. The van der Waals surface area contributed by atoms with Crippen LogP contribution in [0.25, 0.3) is 10.9 Å². The van der Waals surface area contributed by atoms with Crippen molar-refractivity contribution in [1.82, 2.24) is 4.98 Å². The molecule has 114 valence electrons. The summed E-state index contributed by atoms with van der Waals surface area (Å²) < 4.78 is 5.21. The number of benzene rings is 1. The average molecular weight is 286 g/mol. The molecule has 1 aromatic heterocycles. The van der Waals surface area contributed by atoms with Crippen LogP contribution in [0.15, 0.2) is 24.3 Å². The van der Waals surface area contributed by atoms with Gasteiger partial charge >= 0.3 is 0 Å². The van der Waals surface area contributed by atoms with Crippen LogP contribution in [0.3, 0.4) is 0 Å². The third-order valence-corrected chi connectivity index (χ3v) is 3.66. The summed E-state index contributed by atoms with van der Waals surface area (Å²) in [7, 11) is 1.74. The Hall–Kier alpha value is -1.61. The van der Waals surface area contributed by atoms with Crippen molar-refractivity contribution in [3.05, 3.63) is 35.4 Å². The van der Waals surface area contributed by atoms with Gasteiger partial charge in [0.1, 0.15) is 5.82 Å². The predicted molar refractivity (Wildman–Crippen MR) is 90.2 cm³/mol. The number of methoxy groups -OCH3 is 1. The maximum atomic E-state index is 5.21. The number of anilines is 1. The third kappa shape index (κ3) is 3.53. The number of hydrogen-bond acceptors (Lipinski definition) is 3. The molecule has 0 saturated carbocycles. The molecule has 0 amide bonds. The van der Waals surface area contributed by atoms with Crippen molar-refractivity contribution in [1.29, 1.82) is 0 Å². The molecule has 1 aromatic carbocycles. The summed E-state index contributed by atoms with van der Waals surface area (Å²) in [5.74, 6) is 1.00. The molecule has 0 spiro atoms. The first-order valence-corrected chi connectivity index (χ1v) is 7.63. The zero-order chi connectivity index (χ0) is 15.5. The van der Waals surface area contributed by atoms with Gasteiger partial charge in [0.15, 0.2) is 0 Å². The maximum absolute atomic E-state index is 5.21. The Balaban J connectivity index is 2.60. The van der Waals surface area contributed by atoms with E-state index in [1.165, 1.54) is 16.5 Å². The van der Waals surface area contributed by atoms with Crippen LogP contribution in [0.1, 0.15) is 38.8 Å². The smallest absolute Gasteiger partial charge is 0.130 e. The molecule has 0 radical (unpaired) electrons. The summed E-state index contributed by atoms with van der Waals surface area (Å²) in [6, 6.07) is 8.66. The fourth-order valence-electron chi connectivity index (χ4n) is 2.55. The van der Waals surface area contributed by atoms with E-state index in [9.17, 15) is 0 Å². The molecule has 2 aromatic rings. The number of ether oxygens (including phenoxy) is 1. The van der Waals surface area contributed by atoms with Gasteiger partial charge in [-0.3, -0.25) is 0 Å². The van der Waals surface area contributed by atoms with Gasteiger partial charge in [0.05, 0.1) is 12.1 Å². The van der Waals surface area contributed by atoms with Gasteiger partial charge in [-0.2, -0.15) is 0 Å². The van der Waals surface area contributed by atoms with Crippen LogP contribution in [0.5, 0.6) is 0 Å². The molecule has 2 rings (SSSR count). The summed E-state index contributed by atoms with van der Waals surface area (Å²) in [4.78, 5) is 4.92. The summed E-state index contributed by atoms with van der Waals surface area (Å²) in [6.45, 7) is 10.4. The SMILES string of the molecule is CCNc1nc2c(CCOC)cccc2cc1C(C)(C)C. The summed E-state index contributed by atoms with van der Waals surface area (Å²) in [6.07, 6.45) is 0.890. The Morgan fingerprint density at radius 1 is 1.24 bits per heavy atom. The number of rotatable bonds is 5. The van der Waals surface area contributed by atoms with Gasteiger partial charge in [-0.05, 0) is 30.4 Å². The standard InChI is InChI=1S/C18H26N2O/c1-6-19-17-15(18(2,3)4)12-14-9-7-8-13(10-11-21-5)16(14)20-17/h7-9,12H,6,10-11H2,1-5H3,(H,19,20). The van der Waals surface area contributed by atoms with Gasteiger partial charge in [0.25, 0.3) is 0 Å². The van der Waals surface area contributed by atoms with Gasteiger partial charge in [0, 0.05) is 24.6 Å². The van der Waals surface area contributed by atoms with Crippen molar-refractivity contribution in [2.24, 2.45) is 0 Å². The molecule has 0 fully saturated rings. The van der Waals surface area contributed by atoms with Crippen LogP contribution in [-0.2, 0) is 16.6 Å². The van der Waals surface area contributed by atoms with E-state index in [2.05, 4.69) is 57.3 Å². The molecule has 0 aliphatic heterocycles. The number of hydrogen-bond donors (Lipinski definition) is 1. The molecule has 1 heterocycles. The first-order valence-electron chi connectivity index (χ1n) is 7.63. The number of aromatic nitrogens is 1. The molecular weight excluding hydrogens is 260 g/mol. The van der Waals surface area contributed by atoms with Crippen LogP contribution in [0.2, 0.25) is 0 Å². The second-order valence-corrected chi connectivity index (χ2v) is 6.40. The molecule has 0 saturated heterocycles. The normalized spacial score (nSPS) is 11.9. The Bertz CT molecular complexity index is 614. The molecule has 21 heavy (non-hydrogen) atoms. The van der Waals surface area contributed by atoms with E-state index in [4.69, 9.17) is 9.72 Å².